The Bertz CT molecular complexity index is 707. The Balaban J connectivity index is 1.91. The Labute approximate surface area is 135 Å². The first-order valence-corrected chi connectivity index (χ1v) is 7.68. The van der Waals surface area contributed by atoms with Crippen molar-refractivity contribution in [3.05, 3.63) is 36.1 Å². The van der Waals surface area contributed by atoms with Gasteiger partial charge in [0.15, 0.2) is 0 Å². The number of likely N-dealkylation sites (N-methyl/N-ethyl adjacent to an activating group) is 1. The molecule has 0 aromatic carbocycles. The molecule has 1 atom stereocenters. The number of pyridine rings is 1. The number of hydrogen-bond donors (Lipinski definition) is 2. The molecular weight excluding hydrogens is 292 g/mol. The number of carbonyl (C=O) groups excluding carboxylic acids is 2. The van der Waals surface area contributed by atoms with Crippen molar-refractivity contribution in [2.24, 2.45) is 5.92 Å². The molecule has 1 aliphatic carbocycles. The summed E-state index contributed by atoms with van der Waals surface area (Å²) in [5.41, 5.74) is 2.35. The molecule has 3 rings (SSSR count). The third-order valence-electron chi connectivity index (χ3n) is 3.88. The highest BCUT2D eigenvalue weighted by Crippen LogP contribution is 2.38. The molecule has 1 unspecified atom stereocenters. The molecule has 1 aromatic rings. The zero-order chi connectivity index (χ0) is 16.4. The molecule has 1 aromatic heterocycles. The van der Waals surface area contributed by atoms with Crippen LogP contribution in [0.2, 0.25) is 0 Å². The fraction of sp³-hybridized carbons (Fsp3) is 0.353. The summed E-state index contributed by atoms with van der Waals surface area (Å²) >= 11 is 0. The Morgan fingerprint density at radius 2 is 2.26 bits per heavy atom. The summed E-state index contributed by atoms with van der Waals surface area (Å²) < 4.78 is 0. The Morgan fingerprint density at radius 3 is 3.04 bits per heavy atom. The molecule has 2 amide bonds. The number of hydrogen-bond acceptors (Lipinski definition) is 4. The average molecular weight is 312 g/mol. The topological polar surface area (TPSA) is 74.3 Å². The third-order valence-corrected chi connectivity index (χ3v) is 3.88. The van der Waals surface area contributed by atoms with Gasteiger partial charge in [-0.25, -0.2) is 4.98 Å². The van der Waals surface area contributed by atoms with E-state index in [1.165, 1.54) is 0 Å². The van der Waals surface area contributed by atoms with E-state index < -0.39 is 0 Å². The molecule has 6 heteroatoms. The van der Waals surface area contributed by atoms with Crippen molar-refractivity contribution in [3.63, 3.8) is 0 Å². The van der Waals surface area contributed by atoms with Crippen LogP contribution in [-0.2, 0) is 9.59 Å². The predicted molar refractivity (Wildman–Crippen MR) is 89.9 cm³/mol. The van der Waals surface area contributed by atoms with Gasteiger partial charge in [-0.15, -0.1) is 0 Å². The van der Waals surface area contributed by atoms with Gasteiger partial charge in [0.25, 0.3) is 0 Å². The minimum absolute atomic E-state index is 0.0126. The standard InChI is InChI=1S/C17H20N4O2/c1-21(2)10-15(22)19-14-9-8-13-16(20-14)11-6-4-3-5-7-12(11)17(23)18-13/h3-4,6,8-9,12H,5,7,10H2,1-2H3,(H,18,23)(H,19,20,22). The summed E-state index contributed by atoms with van der Waals surface area (Å²) in [6.07, 6.45) is 7.62. The summed E-state index contributed by atoms with van der Waals surface area (Å²) in [6.45, 7) is 0.295. The SMILES string of the molecule is CN(C)CC(=O)Nc1ccc2c(n1)C1=CC=CCCC1C(=O)N2. The number of fused-ring (bicyclic) bond motifs is 3. The van der Waals surface area contributed by atoms with E-state index in [2.05, 4.69) is 21.7 Å². The molecule has 0 bridgehead atoms. The number of nitrogens with zero attached hydrogens (tertiary/aromatic N) is 2. The fourth-order valence-electron chi connectivity index (χ4n) is 2.86. The van der Waals surface area contributed by atoms with Crippen LogP contribution in [0.5, 0.6) is 0 Å². The summed E-state index contributed by atoms with van der Waals surface area (Å²) in [5, 5.41) is 5.70. The molecule has 0 saturated heterocycles. The molecule has 23 heavy (non-hydrogen) atoms. The number of nitrogens with one attached hydrogen (secondary N) is 2. The highest BCUT2D eigenvalue weighted by Gasteiger charge is 2.32. The van der Waals surface area contributed by atoms with Crippen LogP contribution in [0.3, 0.4) is 0 Å². The van der Waals surface area contributed by atoms with E-state index in [-0.39, 0.29) is 17.7 Å². The van der Waals surface area contributed by atoms with Gasteiger partial charge in [-0.3, -0.25) is 9.59 Å². The van der Waals surface area contributed by atoms with Gasteiger partial charge < -0.3 is 15.5 Å². The number of anilines is 2. The number of carbonyl (C=O) groups is 2. The number of rotatable bonds is 3. The van der Waals surface area contributed by atoms with Crippen LogP contribution in [0.4, 0.5) is 11.5 Å². The van der Waals surface area contributed by atoms with Crippen LogP contribution in [0.15, 0.2) is 30.4 Å². The summed E-state index contributed by atoms with van der Waals surface area (Å²) in [7, 11) is 3.67. The molecule has 0 spiro atoms. The van der Waals surface area contributed by atoms with E-state index in [1.54, 1.807) is 17.0 Å². The largest absolute Gasteiger partial charge is 0.324 e. The van der Waals surface area contributed by atoms with Gasteiger partial charge in [-0.2, -0.15) is 0 Å². The second-order valence-corrected chi connectivity index (χ2v) is 6.05. The fourth-order valence-corrected chi connectivity index (χ4v) is 2.86. The van der Waals surface area contributed by atoms with Crippen molar-refractivity contribution in [1.29, 1.82) is 0 Å². The lowest BCUT2D eigenvalue weighted by molar-refractivity contribution is -0.118. The van der Waals surface area contributed by atoms with E-state index in [1.807, 2.05) is 26.2 Å². The van der Waals surface area contributed by atoms with Gasteiger partial charge in [0.05, 0.1) is 23.8 Å². The molecule has 6 nitrogen and oxygen atoms in total. The molecule has 0 radical (unpaired) electrons. The molecule has 2 heterocycles. The first kappa shape index (κ1) is 15.4. The van der Waals surface area contributed by atoms with Gasteiger partial charge in [-0.05, 0) is 44.6 Å². The quantitative estimate of drug-likeness (QED) is 0.894. The lowest BCUT2D eigenvalue weighted by Gasteiger charge is -2.26. The molecule has 2 N–H and O–H groups in total. The van der Waals surface area contributed by atoms with Crippen LogP contribution in [0.25, 0.3) is 5.57 Å². The molecular formula is C17H20N4O2. The second-order valence-electron chi connectivity index (χ2n) is 6.05. The zero-order valence-corrected chi connectivity index (χ0v) is 13.3. The van der Waals surface area contributed by atoms with Crippen molar-refractivity contribution in [2.45, 2.75) is 12.8 Å². The predicted octanol–water partition coefficient (Wildman–Crippen LogP) is 1.88. The average Bonchev–Trinajstić information content (AvgIpc) is 2.73. The molecule has 0 saturated carbocycles. The van der Waals surface area contributed by atoms with Crippen LogP contribution in [0.1, 0.15) is 18.5 Å². The van der Waals surface area contributed by atoms with Gasteiger partial charge >= 0.3 is 0 Å². The van der Waals surface area contributed by atoms with Crippen LogP contribution in [-0.4, -0.2) is 42.3 Å². The summed E-state index contributed by atoms with van der Waals surface area (Å²) in [6, 6.07) is 3.50. The lowest BCUT2D eigenvalue weighted by atomic mass is 9.88. The minimum Gasteiger partial charge on any atom is -0.324 e. The van der Waals surface area contributed by atoms with Crippen molar-refractivity contribution in [1.82, 2.24) is 9.88 Å². The van der Waals surface area contributed by atoms with Crippen molar-refractivity contribution in [3.8, 4) is 0 Å². The van der Waals surface area contributed by atoms with Gasteiger partial charge in [0.2, 0.25) is 11.8 Å². The first-order chi connectivity index (χ1) is 11.0. The normalized spacial score (nSPS) is 19.3. The van der Waals surface area contributed by atoms with Crippen molar-refractivity contribution < 1.29 is 9.59 Å². The van der Waals surface area contributed by atoms with E-state index in [9.17, 15) is 9.59 Å². The Morgan fingerprint density at radius 1 is 1.43 bits per heavy atom. The zero-order valence-electron chi connectivity index (χ0n) is 13.3. The van der Waals surface area contributed by atoms with E-state index in [0.717, 1.165) is 24.1 Å². The second kappa shape index (κ2) is 6.34. The monoisotopic (exact) mass is 312 g/mol. The third kappa shape index (κ3) is 3.32. The van der Waals surface area contributed by atoms with Crippen molar-refractivity contribution >= 4 is 28.9 Å². The van der Waals surface area contributed by atoms with E-state index in [0.29, 0.717) is 18.1 Å². The van der Waals surface area contributed by atoms with Gasteiger partial charge in [0.1, 0.15) is 5.82 Å². The maximum absolute atomic E-state index is 12.2. The van der Waals surface area contributed by atoms with Gasteiger partial charge in [-0.1, -0.05) is 18.2 Å². The maximum atomic E-state index is 12.2. The highest BCUT2D eigenvalue weighted by molar-refractivity contribution is 6.07. The maximum Gasteiger partial charge on any atom is 0.239 e. The summed E-state index contributed by atoms with van der Waals surface area (Å²) in [4.78, 5) is 30.5. The summed E-state index contributed by atoms with van der Waals surface area (Å²) in [5.74, 6) is 0.213. The van der Waals surface area contributed by atoms with Gasteiger partial charge in [0, 0.05) is 0 Å². The number of allylic oxidation sites excluding steroid dienone is 3. The molecule has 2 aliphatic rings. The molecule has 1 aliphatic heterocycles. The van der Waals surface area contributed by atoms with Crippen molar-refractivity contribution in [2.75, 3.05) is 31.3 Å². The minimum atomic E-state index is -0.183. The van der Waals surface area contributed by atoms with Crippen LogP contribution >= 0.6 is 0 Å². The Kier molecular flexibility index (Phi) is 4.25. The Hall–Kier alpha value is -2.47. The molecule has 120 valence electrons. The number of aromatic nitrogens is 1. The highest BCUT2D eigenvalue weighted by atomic mass is 16.2. The van der Waals surface area contributed by atoms with Crippen LogP contribution in [0, 0.1) is 5.92 Å². The first-order valence-electron chi connectivity index (χ1n) is 7.68. The number of amides is 2. The van der Waals surface area contributed by atoms with E-state index in [4.69, 9.17) is 0 Å². The van der Waals surface area contributed by atoms with E-state index >= 15 is 0 Å². The van der Waals surface area contributed by atoms with Crippen LogP contribution < -0.4 is 10.6 Å². The lowest BCUT2D eigenvalue weighted by Crippen LogP contribution is -2.30. The molecule has 0 fully saturated rings. The smallest absolute Gasteiger partial charge is 0.239 e.